The lowest BCUT2D eigenvalue weighted by Crippen LogP contribution is -2.18. The molecular weight excluding hydrogens is 328 g/mol. The van der Waals surface area contributed by atoms with E-state index < -0.39 is 5.97 Å². The molecular formula is C22H20O4. The molecule has 0 aliphatic heterocycles. The summed E-state index contributed by atoms with van der Waals surface area (Å²) in [7, 11) is 1.54. The number of rotatable bonds is 6. The first-order valence-electron chi connectivity index (χ1n) is 8.30. The molecule has 0 aliphatic carbocycles. The van der Waals surface area contributed by atoms with Crippen LogP contribution in [-0.4, -0.2) is 19.7 Å². The summed E-state index contributed by atoms with van der Waals surface area (Å²) in [6.07, 6.45) is 0. The quantitative estimate of drug-likeness (QED) is 0.480. The number of para-hydroxylation sites is 1. The highest BCUT2D eigenvalue weighted by Gasteiger charge is 2.12. The Bertz CT molecular complexity index is 888. The Morgan fingerprint density at radius 2 is 1.58 bits per heavy atom. The van der Waals surface area contributed by atoms with Crippen LogP contribution in [-0.2, 0) is 4.79 Å². The van der Waals surface area contributed by atoms with Crippen molar-refractivity contribution in [3.8, 4) is 28.4 Å². The van der Waals surface area contributed by atoms with Crippen LogP contribution in [0.15, 0.2) is 72.8 Å². The van der Waals surface area contributed by atoms with E-state index in [0.717, 1.165) is 16.7 Å². The smallest absolute Gasteiger partial charge is 0.349 e. The van der Waals surface area contributed by atoms with Crippen LogP contribution < -0.4 is 14.2 Å². The molecule has 0 atom stereocenters. The van der Waals surface area contributed by atoms with Crippen LogP contribution in [0.25, 0.3) is 11.1 Å². The summed E-state index contributed by atoms with van der Waals surface area (Å²) in [4.78, 5) is 12.2. The molecule has 0 saturated heterocycles. The topological polar surface area (TPSA) is 44.8 Å². The number of benzene rings is 3. The van der Waals surface area contributed by atoms with Gasteiger partial charge in [-0.1, -0.05) is 54.6 Å². The van der Waals surface area contributed by atoms with E-state index in [4.69, 9.17) is 14.2 Å². The minimum atomic E-state index is -0.491. The monoisotopic (exact) mass is 348 g/mol. The Kier molecular flexibility index (Phi) is 5.54. The van der Waals surface area contributed by atoms with E-state index >= 15 is 0 Å². The first kappa shape index (κ1) is 17.5. The van der Waals surface area contributed by atoms with E-state index in [1.165, 1.54) is 0 Å². The Morgan fingerprint density at radius 1 is 0.846 bits per heavy atom. The lowest BCUT2D eigenvalue weighted by atomic mass is 10.1. The Labute approximate surface area is 153 Å². The highest BCUT2D eigenvalue weighted by Crippen LogP contribution is 2.30. The minimum Gasteiger partial charge on any atom is -0.493 e. The highest BCUT2D eigenvalue weighted by molar-refractivity contribution is 5.76. The molecule has 3 aromatic carbocycles. The maximum Gasteiger partial charge on any atom is 0.349 e. The van der Waals surface area contributed by atoms with Gasteiger partial charge in [-0.25, -0.2) is 4.79 Å². The summed E-state index contributed by atoms with van der Waals surface area (Å²) in [6.45, 7) is 1.75. The van der Waals surface area contributed by atoms with Gasteiger partial charge in [0.1, 0.15) is 5.75 Å². The maximum absolute atomic E-state index is 12.2. The van der Waals surface area contributed by atoms with Gasteiger partial charge in [-0.05, 0) is 36.2 Å². The van der Waals surface area contributed by atoms with Crippen molar-refractivity contribution >= 4 is 5.97 Å². The second-order valence-electron chi connectivity index (χ2n) is 5.78. The molecule has 3 rings (SSSR count). The number of hydrogen-bond donors (Lipinski definition) is 0. The molecule has 0 radical (unpaired) electrons. The highest BCUT2D eigenvalue weighted by atomic mass is 16.6. The molecule has 0 aromatic heterocycles. The molecule has 132 valence electrons. The molecule has 3 aromatic rings. The second-order valence-corrected chi connectivity index (χ2v) is 5.78. The zero-order valence-corrected chi connectivity index (χ0v) is 14.8. The summed E-state index contributed by atoms with van der Waals surface area (Å²) in [5, 5.41) is 0. The van der Waals surface area contributed by atoms with Crippen LogP contribution in [0.3, 0.4) is 0 Å². The van der Waals surface area contributed by atoms with Gasteiger partial charge in [0, 0.05) is 5.56 Å². The molecule has 0 saturated carbocycles. The van der Waals surface area contributed by atoms with Crippen molar-refractivity contribution in [1.82, 2.24) is 0 Å². The predicted molar refractivity (Wildman–Crippen MR) is 101 cm³/mol. The van der Waals surface area contributed by atoms with Crippen LogP contribution in [0.2, 0.25) is 0 Å². The lowest BCUT2D eigenvalue weighted by molar-refractivity contribution is -0.136. The number of esters is 1. The summed E-state index contributed by atoms with van der Waals surface area (Å²) >= 11 is 0. The molecule has 0 unspecified atom stereocenters. The number of carbonyl (C=O) groups is 1. The van der Waals surface area contributed by atoms with Gasteiger partial charge in [-0.3, -0.25) is 0 Å². The van der Waals surface area contributed by atoms with Gasteiger partial charge in [0.15, 0.2) is 18.1 Å². The number of carbonyl (C=O) groups excluding carboxylic acids is 1. The van der Waals surface area contributed by atoms with Crippen molar-refractivity contribution < 1.29 is 19.0 Å². The predicted octanol–water partition coefficient (Wildman–Crippen LogP) is 4.66. The molecule has 0 amide bonds. The van der Waals surface area contributed by atoms with E-state index in [0.29, 0.717) is 17.2 Å². The van der Waals surface area contributed by atoms with E-state index in [1.54, 1.807) is 13.2 Å². The molecule has 0 heterocycles. The van der Waals surface area contributed by atoms with Crippen LogP contribution in [0.1, 0.15) is 5.56 Å². The van der Waals surface area contributed by atoms with Crippen molar-refractivity contribution in [2.24, 2.45) is 0 Å². The Morgan fingerprint density at radius 3 is 2.35 bits per heavy atom. The van der Waals surface area contributed by atoms with Gasteiger partial charge in [-0.2, -0.15) is 0 Å². The normalized spacial score (nSPS) is 10.2. The fourth-order valence-electron chi connectivity index (χ4n) is 2.60. The van der Waals surface area contributed by atoms with Gasteiger partial charge < -0.3 is 14.2 Å². The van der Waals surface area contributed by atoms with Gasteiger partial charge in [0.25, 0.3) is 0 Å². The Balaban J connectivity index is 1.69. The number of ether oxygens (including phenoxy) is 3. The zero-order chi connectivity index (χ0) is 18.4. The van der Waals surface area contributed by atoms with E-state index in [1.807, 2.05) is 73.7 Å². The Hall–Kier alpha value is -3.27. The fraction of sp³-hybridized carbons (Fsp3) is 0.136. The third-order valence-electron chi connectivity index (χ3n) is 3.86. The van der Waals surface area contributed by atoms with Crippen LogP contribution >= 0.6 is 0 Å². The van der Waals surface area contributed by atoms with E-state index in [-0.39, 0.29) is 6.61 Å². The fourth-order valence-corrected chi connectivity index (χ4v) is 2.60. The molecule has 0 aliphatic rings. The molecule has 26 heavy (non-hydrogen) atoms. The molecule has 4 nitrogen and oxygen atoms in total. The summed E-state index contributed by atoms with van der Waals surface area (Å²) in [5.74, 6) is 1.03. The van der Waals surface area contributed by atoms with Crippen molar-refractivity contribution in [2.75, 3.05) is 13.7 Å². The standard InChI is InChI=1S/C22H20O4/c1-16-12-13-20(21(14-16)24-2)26-22(23)15-25-19-11-7-6-10-18(19)17-8-4-3-5-9-17/h3-14H,15H2,1-2H3. The second kappa shape index (κ2) is 8.21. The van der Waals surface area contributed by atoms with Gasteiger partial charge in [0.2, 0.25) is 0 Å². The average molecular weight is 348 g/mol. The molecule has 0 fully saturated rings. The van der Waals surface area contributed by atoms with Crippen LogP contribution in [0, 0.1) is 6.92 Å². The average Bonchev–Trinajstić information content (AvgIpc) is 2.68. The van der Waals surface area contributed by atoms with E-state index in [2.05, 4.69) is 0 Å². The summed E-state index contributed by atoms with van der Waals surface area (Å²) < 4.78 is 16.3. The SMILES string of the molecule is COc1cc(C)ccc1OC(=O)COc1ccccc1-c1ccccc1. The minimum absolute atomic E-state index is 0.194. The van der Waals surface area contributed by atoms with E-state index in [9.17, 15) is 4.79 Å². The largest absolute Gasteiger partial charge is 0.493 e. The number of aryl methyl sites for hydroxylation is 1. The third kappa shape index (κ3) is 4.22. The number of methoxy groups -OCH3 is 1. The summed E-state index contributed by atoms with van der Waals surface area (Å²) in [5.41, 5.74) is 2.97. The zero-order valence-electron chi connectivity index (χ0n) is 14.8. The molecule has 0 bridgehead atoms. The molecule has 0 spiro atoms. The van der Waals surface area contributed by atoms with Crippen molar-refractivity contribution in [3.63, 3.8) is 0 Å². The lowest BCUT2D eigenvalue weighted by Gasteiger charge is -2.12. The van der Waals surface area contributed by atoms with Gasteiger partial charge in [-0.15, -0.1) is 0 Å². The van der Waals surface area contributed by atoms with Crippen molar-refractivity contribution in [3.05, 3.63) is 78.4 Å². The third-order valence-corrected chi connectivity index (χ3v) is 3.86. The molecule has 4 heteroatoms. The number of hydrogen-bond acceptors (Lipinski definition) is 4. The van der Waals surface area contributed by atoms with Gasteiger partial charge in [0.05, 0.1) is 7.11 Å². The van der Waals surface area contributed by atoms with Gasteiger partial charge >= 0.3 is 5.97 Å². The van der Waals surface area contributed by atoms with Crippen LogP contribution in [0.4, 0.5) is 0 Å². The summed E-state index contributed by atoms with van der Waals surface area (Å²) in [6, 6.07) is 22.9. The van der Waals surface area contributed by atoms with Crippen LogP contribution in [0.5, 0.6) is 17.2 Å². The maximum atomic E-state index is 12.2. The first-order valence-corrected chi connectivity index (χ1v) is 8.30. The van der Waals surface area contributed by atoms with Crippen molar-refractivity contribution in [1.29, 1.82) is 0 Å². The first-order chi connectivity index (χ1) is 12.7. The van der Waals surface area contributed by atoms with Crippen molar-refractivity contribution in [2.45, 2.75) is 6.92 Å². The molecule has 0 N–H and O–H groups in total.